The first-order valence-electron chi connectivity index (χ1n) is 3.90. The second-order valence-electron chi connectivity index (χ2n) is 2.70. The van der Waals surface area contributed by atoms with E-state index in [4.69, 9.17) is 4.42 Å². The van der Waals surface area contributed by atoms with Crippen LogP contribution >= 0.6 is 15.9 Å². The number of para-hydroxylation sites is 1. The van der Waals surface area contributed by atoms with Gasteiger partial charge < -0.3 is 9.52 Å². The third-order valence-corrected chi connectivity index (χ3v) is 2.27. The Kier molecular flexibility index (Phi) is 2.25. The molecule has 0 fully saturated rings. The predicted molar refractivity (Wildman–Crippen MR) is 53.8 cm³/mol. The highest BCUT2D eigenvalue weighted by atomic mass is 79.9. The van der Waals surface area contributed by atoms with Gasteiger partial charge in [-0.1, -0.05) is 22.0 Å². The summed E-state index contributed by atoms with van der Waals surface area (Å²) in [6.07, 6.45) is 0. The van der Waals surface area contributed by atoms with Gasteiger partial charge in [0.25, 0.3) is 5.89 Å². The number of aromatic hydroxyl groups is 1. The summed E-state index contributed by atoms with van der Waals surface area (Å²) >= 11 is 3.02. The van der Waals surface area contributed by atoms with Gasteiger partial charge in [-0.25, -0.2) is 4.98 Å². The molecule has 2 aromatic rings. The van der Waals surface area contributed by atoms with Crippen LogP contribution in [0.3, 0.4) is 0 Å². The summed E-state index contributed by atoms with van der Waals surface area (Å²) in [7, 11) is 0. The van der Waals surface area contributed by atoms with E-state index in [1.165, 1.54) is 6.07 Å². The number of phenols is 1. The maximum absolute atomic E-state index is 11.2. The molecule has 2 rings (SSSR count). The number of halogens is 1. The van der Waals surface area contributed by atoms with Gasteiger partial charge in [0.1, 0.15) is 5.75 Å². The fraction of sp³-hybridized carbons (Fsp3) is 0.111. The van der Waals surface area contributed by atoms with Crippen LogP contribution in [0.5, 0.6) is 5.75 Å². The molecule has 0 atom stereocenters. The largest absolute Gasteiger partial charge is 0.506 e. The molecule has 1 aromatic carbocycles. The van der Waals surface area contributed by atoms with Gasteiger partial charge in [0, 0.05) is 0 Å². The van der Waals surface area contributed by atoms with E-state index in [0.29, 0.717) is 11.1 Å². The first kappa shape index (κ1) is 9.21. The lowest BCUT2D eigenvalue weighted by atomic mass is 10.3. The molecule has 0 spiro atoms. The highest BCUT2D eigenvalue weighted by Gasteiger charge is 2.14. The quantitative estimate of drug-likeness (QED) is 0.660. The molecule has 0 bridgehead atoms. The van der Waals surface area contributed by atoms with Gasteiger partial charge in [0.2, 0.25) is 5.78 Å². The Bertz CT molecular complexity index is 492. The highest BCUT2D eigenvalue weighted by Crippen LogP contribution is 2.24. The summed E-state index contributed by atoms with van der Waals surface area (Å²) in [4.78, 5) is 15.1. The lowest BCUT2D eigenvalue weighted by Crippen LogP contribution is -1.99. The maximum Gasteiger partial charge on any atom is 0.265 e. The molecule has 4 nitrogen and oxygen atoms in total. The standard InChI is InChI=1S/C9H6BrNO3/c10-4-6(13)9-11-8-5(12)2-1-3-7(8)14-9/h1-3,12H,4H2. The zero-order valence-corrected chi connectivity index (χ0v) is 8.61. The molecule has 0 unspecified atom stereocenters. The van der Waals surface area contributed by atoms with Crippen LogP contribution in [-0.2, 0) is 0 Å². The van der Waals surface area contributed by atoms with Gasteiger partial charge in [-0.3, -0.25) is 4.79 Å². The van der Waals surface area contributed by atoms with Crippen molar-refractivity contribution in [1.82, 2.24) is 4.98 Å². The summed E-state index contributed by atoms with van der Waals surface area (Å²) < 4.78 is 5.15. The van der Waals surface area contributed by atoms with Crippen molar-refractivity contribution in [2.45, 2.75) is 0 Å². The summed E-state index contributed by atoms with van der Waals surface area (Å²) in [5, 5.41) is 9.55. The van der Waals surface area contributed by atoms with Crippen LogP contribution in [0.15, 0.2) is 22.6 Å². The highest BCUT2D eigenvalue weighted by molar-refractivity contribution is 9.09. The second-order valence-corrected chi connectivity index (χ2v) is 3.26. The van der Waals surface area contributed by atoms with Crippen molar-refractivity contribution < 1.29 is 14.3 Å². The number of hydrogen-bond acceptors (Lipinski definition) is 4. The third-order valence-electron chi connectivity index (χ3n) is 1.76. The molecule has 72 valence electrons. The lowest BCUT2D eigenvalue weighted by molar-refractivity contribution is 0.0989. The van der Waals surface area contributed by atoms with E-state index in [9.17, 15) is 9.90 Å². The molecule has 14 heavy (non-hydrogen) atoms. The van der Waals surface area contributed by atoms with Crippen LogP contribution in [0.4, 0.5) is 0 Å². The number of carbonyl (C=O) groups excluding carboxylic acids is 1. The van der Waals surface area contributed by atoms with Crippen molar-refractivity contribution in [2.24, 2.45) is 0 Å². The number of hydrogen-bond donors (Lipinski definition) is 1. The second kappa shape index (κ2) is 3.42. The number of rotatable bonds is 2. The normalized spacial score (nSPS) is 10.6. The fourth-order valence-electron chi connectivity index (χ4n) is 1.11. The molecule has 0 aliphatic carbocycles. The summed E-state index contributed by atoms with van der Waals surface area (Å²) in [5.74, 6) is -0.223. The van der Waals surface area contributed by atoms with Crippen molar-refractivity contribution >= 4 is 32.8 Å². The van der Waals surface area contributed by atoms with Crippen molar-refractivity contribution in [3.8, 4) is 5.75 Å². The van der Waals surface area contributed by atoms with Gasteiger partial charge >= 0.3 is 0 Å². The Hall–Kier alpha value is -1.36. The molecular formula is C9H6BrNO3. The Morgan fingerprint density at radius 2 is 2.36 bits per heavy atom. The van der Waals surface area contributed by atoms with Crippen LogP contribution in [0, 0.1) is 0 Å². The molecule has 0 saturated heterocycles. The van der Waals surface area contributed by atoms with Crippen LogP contribution in [0.2, 0.25) is 0 Å². The van der Waals surface area contributed by atoms with E-state index in [1.807, 2.05) is 0 Å². The first-order valence-corrected chi connectivity index (χ1v) is 5.02. The predicted octanol–water partition coefficient (Wildman–Crippen LogP) is 2.11. The van der Waals surface area contributed by atoms with E-state index in [2.05, 4.69) is 20.9 Å². The van der Waals surface area contributed by atoms with Crippen LogP contribution in [0.25, 0.3) is 11.1 Å². The van der Waals surface area contributed by atoms with Gasteiger partial charge in [-0.05, 0) is 12.1 Å². The van der Waals surface area contributed by atoms with Crippen molar-refractivity contribution in [2.75, 3.05) is 5.33 Å². The summed E-state index contributed by atoms with van der Waals surface area (Å²) in [5.41, 5.74) is 0.728. The lowest BCUT2D eigenvalue weighted by Gasteiger charge is -1.87. The average Bonchev–Trinajstić information content (AvgIpc) is 2.62. The smallest absolute Gasteiger partial charge is 0.265 e. The number of nitrogens with zero attached hydrogens (tertiary/aromatic N) is 1. The topological polar surface area (TPSA) is 63.3 Å². The van der Waals surface area contributed by atoms with Crippen molar-refractivity contribution in [3.63, 3.8) is 0 Å². The SMILES string of the molecule is O=C(CBr)c1nc2c(O)cccc2o1. The fourth-order valence-corrected chi connectivity index (χ4v) is 1.35. The van der Waals surface area contributed by atoms with Crippen LogP contribution in [-0.4, -0.2) is 21.2 Å². The minimum absolute atomic E-state index is 0.0124. The maximum atomic E-state index is 11.2. The molecule has 0 aliphatic rings. The number of benzene rings is 1. The van der Waals surface area contributed by atoms with E-state index in [-0.39, 0.29) is 22.8 Å². The zero-order chi connectivity index (χ0) is 10.1. The van der Waals surface area contributed by atoms with Gasteiger partial charge in [0.15, 0.2) is 11.1 Å². The van der Waals surface area contributed by atoms with E-state index >= 15 is 0 Å². The van der Waals surface area contributed by atoms with Gasteiger partial charge in [-0.2, -0.15) is 0 Å². The van der Waals surface area contributed by atoms with E-state index in [1.54, 1.807) is 12.1 Å². The Labute approximate surface area is 87.7 Å². The molecule has 0 radical (unpaired) electrons. The first-order chi connectivity index (χ1) is 6.72. The minimum atomic E-state index is -0.249. The number of Topliss-reactive ketones (excluding diaryl/α,β-unsaturated/α-hetero) is 1. The number of fused-ring (bicyclic) bond motifs is 1. The van der Waals surface area contributed by atoms with Gasteiger partial charge in [-0.15, -0.1) is 0 Å². The molecule has 5 heteroatoms. The number of alkyl halides is 1. The minimum Gasteiger partial charge on any atom is -0.506 e. The molecule has 1 N–H and O–H groups in total. The van der Waals surface area contributed by atoms with E-state index < -0.39 is 0 Å². The number of aromatic nitrogens is 1. The Morgan fingerprint density at radius 1 is 1.57 bits per heavy atom. The Balaban J connectivity index is 2.62. The van der Waals surface area contributed by atoms with Crippen molar-refractivity contribution in [1.29, 1.82) is 0 Å². The molecule has 0 aliphatic heterocycles. The third kappa shape index (κ3) is 1.39. The number of ketones is 1. The zero-order valence-electron chi connectivity index (χ0n) is 7.03. The monoisotopic (exact) mass is 255 g/mol. The summed E-state index contributed by atoms with van der Waals surface area (Å²) in [6, 6.07) is 4.77. The number of carbonyl (C=O) groups is 1. The molecular weight excluding hydrogens is 250 g/mol. The summed E-state index contributed by atoms with van der Waals surface area (Å²) in [6.45, 7) is 0. The van der Waals surface area contributed by atoms with Crippen LogP contribution in [0.1, 0.15) is 10.7 Å². The number of oxazole rings is 1. The van der Waals surface area contributed by atoms with Gasteiger partial charge in [0.05, 0.1) is 5.33 Å². The molecule has 1 aromatic heterocycles. The number of phenolic OH excluding ortho intramolecular Hbond substituents is 1. The van der Waals surface area contributed by atoms with E-state index in [0.717, 1.165) is 0 Å². The average molecular weight is 256 g/mol. The Morgan fingerprint density at radius 3 is 3.00 bits per heavy atom. The molecule has 0 amide bonds. The molecule has 0 saturated carbocycles. The van der Waals surface area contributed by atoms with Crippen molar-refractivity contribution in [3.05, 3.63) is 24.1 Å². The molecule has 1 heterocycles. The van der Waals surface area contributed by atoms with Crippen LogP contribution < -0.4 is 0 Å².